The van der Waals surface area contributed by atoms with E-state index in [2.05, 4.69) is 16.5 Å². The van der Waals surface area contributed by atoms with E-state index in [0.717, 1.165) is 42.0 Å². The van der Waals surface area contributed by atoms with Crippen molar-refractivity contribution in [2.24, 2.45) is 0 Å². The number of carbonyl (C=O) groups excluding carboxylic acids is 2. The number of benzene rings is 3. The van der Waals surface area contributed by atoms with Crippen LogP contribution in [0.3, 0.4) is 0 Å². The van der Waals surface area contributed by atoms with E-state index in [9.17, 15) is 24.6 Å². The number of aromatic nitrogens is 4. The number of aliphatic hydroxyl groups is 1. The molecule has 2 fully saturated rings. The van der Waals surface area contributed by atoms with E-state index in [0.29, 0.717) is 48.0 Å². The number of cyclic esters (lactones) is 1. The highest BCUT2D eigenvalue weighted by atomic mass is 35.5. The number of piperazine rings is 1. The highest BCUT2D eigenvalue weighted by Crippen LogP contribution is 2.44. The van der Waals surface area contributed by atoms with Gasteiger partial charge in [-0.2, -0.15) is 9.97 Å². The topological polar surface area (TPSA) is 173 Å². The number of anilines is 1. The molecular weight excluding hydrogens is 900 g/mol. The molecule has 18 heteroatoms. The molecule has 0 aliphatic carbocycles. The molecule has 3 aromatic heterocycles. The van der Waals surface area contributed by atoms with Gasteiger partial charge in [0.25, 0.3) is 11.5 Å². The zero-order valence-corrected chi connectivity index (χ0v) is 38.5. The van der Waals surface area contributed by atoms with E-state index in [1.54, 1.807) is 28.5 Å². The number of ether oxygens (including phenoxy) is 3. The number of likely N-dealkylation sites (tertiary alicyclic amines) is 1. The van der Waals surface area contributed by atoms with Crippen LogP contribution in [-0.4, -0.2) is 110 Å². The second-order valence-electron chi connectivity index (χ2n) is 17.7. The lowest BCUT2D eigenvalue weighted by molar-refractivity contribution is -0.172. The quantitative estimate of drug-likeness (QED) is 0.104. The fourth-order valence-corrected chi connectivity index (χ4v) is 10.3. The fourth-order valence-electron chi connectivity index (χ4n) is 10.0. The molecule has 2 atom stereocenters. The van der Waals surface area contributed by atoms with Gasteiger partial charge in [0.15, 0.2) is 11.4 Å². The average molecular weight is 948 g/mol. The first-order valence-electron chi connectivity index (χ1n) is 22.7. The van der Waals surface area contributed by atoms with Crippen LogP contribution in [0, 0.1) is 11.6 Å². The molecular formula is C50H48ClF2N7O8. The molecule has 15 nitrogen and oxygen atoms in total. The number of amides is 1. The van der Waals surface area contributed by atoms with Crippen molar-refractivity contribution in [1.82, 2.24) is 29.3 Å². The van der Waals surface area contributed by atoms with E-state index in [1.807, 2.05) is 31.0 Å². The van der Waals surface area contributed by atoms with E-state index >= 15 is 8.78 Å². The Balaban J connectivity index is 0.857. The Morgan fingerprint density at radius 3 is 2.50 bits per heavy atom. The van der Waals surface area contributed by atoms with Crippen LogP contribution in [0.2, 0.25) is 5.02 Å². The van der Waals surface area contributed by atoms with E-state index in [1.165, 1.54) is 18.2 Å². The normalized spacial score (nSPS) is 19.0. The number of fused-ring (bicyclic) bond motifs is 6. The summed E-state index contributed by atoms with van der Waals surface area (Å²) in [6.45, 7) is 10.0. The predicted octanol–water partition coefficient (Wildman–Crippen LogP) is 6.65. The van der Waals surface area contributed by atoms with Crippen molar-refractivity contribution in [3.05, 3.63) is 110 Å². The summed E-state index contributed by atoms with van der Waals surface area (Å²) >= 11 is 6.66. The predicted molar refractivity (Wildman–Crippen MR) is 250 cm³/mol. The minimum Gasteiger partial charge on any atom is -0.507 e. The molecule has 7 heterocycles. The Bertz CT molecular complexity index is 3160. The van der Waals surface area contributed by atoms with Gasteiger partial charge >= 0.3 is 12.0 Å². The Labute approximate surface area is 394 Å². The summed E-state index contributed by atoms with van der Waals surface area (Å²) in [4.78, 5) is 60.1. The van der Waals surface area contributed by atoms with Gasteiger partial charge in [-0.1, -0.05) is 38.1 Å². The van der Waals surface area contributed by atoms with Gasteiger partial charge in [0.1, 0.15) is 48.5 Å². The van der Waals surface area contributed by atoms with Gasteiger partial charge in [-0.15, -0.1) is 0 Å². The molecule has 4 aliphatic heterocycles. The lowest BCUT2D eigenvalue weighted by Crippen LogP contribution is -2.49. The first-order chi connectivity index (χ1) is 32.7. The highest BCUT2D eigenvalue weighted by molar-refractivity contribution is 6.34. The number of phenols is 1. The Kier molecular flexibility index (Phi) is 11.6. The van der Waals surface area contributed by atoms with Gasteiger partial charge in [0.05, 0.1) is 39.6 Å². The van der Waals surface area contributed by atoms with E-state index in [4.69, 9.17) is 35.8 Å². The number of halogens is 3. The van der Waals surface area contributed by atoms with Crippen molar-refractivity contribution in [2.75, 3.05) is 57.9 Å². The van der Waals surface area contributed by atoms with Gasteiger partial charge in [-0.3, -0.25) is 9.59 Å². The largest absolute Gasteiger partial charge is 0.507 e. The zero-order valence-electron chi connectivity index (χ0n) is 37.7. The van der Waals surface area contributed by atoms with Crippen molar-refractivity contribution < 1.29 is 42.8 Å². The molecule has 2 saturated heterocycles. The van der Waals surface area contributed by atoms with Gasteiger partial charge in [-0.25, -0.2) is 18.6 Å². The number of hydrogen-bond donors (Lipinski definition) is 2. The summed E-state index contributed by atoms with van der Waals surface area (Å²) in [5.41, 5.74) is 1.22. The second-order valence-corrected chi connectivity index (χ2v) is 18.1. The first kappa shape index (κ1) is 45.1. The smallest absolute Gasteiger partial charge is 0.343 e. The fraction of sp³-hybridized carbons (Fsp3) is 0.360. The van der Waals surface area contributed by atoms with Crippen LogP contribution >= 0.6 is 11.6 Å². The minimum absolute atomic E-state index is 0.0463. The van der Waals surface area contributed by atoms with Crippen LogP contribution in [0.1, 0.15) is 55.4 Å². The number of pyridine rings is 2. The van der Waals surface area contributed by atoms with Gasteiger partial charge in [0.2, 0.25) is 0 Å². The SMILES string of the molecule is C=C(COc1ccc2nc3c(c(CC)c2c1)Cn1c-3cc2c(c1=O)COC(=O)[C@]2(O)CC)C(=O)N1CCN(c2nc(OC[C@@H]3CCCN3C)nc3c(F)c(-c4c(O)cccc4F)c(Cl)cc23)CC1. The van der Waals surface area contributed by atoms with E-state index < -0.39 is 29.0 Å². The molecule has 0 unspecified atom stereocenters. The summed E-state index contributed by atoms with van der Waals surface area (Å²) in [5.74, 6) is -2.53. The maximum Gasteiger partial charge on any atom is 0.343 e. The molecule has 0 saturated carbocycles. The molecule has 0 radical (unpaired) electrons. The summed E-state index contributed by atoms with van der Waals surface area (Å²) in [6, 6.07) is 12.3. The third kappa shape index (κ3) is 7.47. The third-order valence-corrected chi connectivity index (χ3v) is 14.2. The molecule has 352 valence electrons. The van der Waals surface area contributed by atoms with Crippen LogP contribution in [0.4, 0.5) is 14.6 Å². The number of carbonyl (C=O) groups is 2. The van der Waals surface area contributed by atoms with Crippen LogP contribution in [0.5, 0.6) is 17.5 Å². The Morgan fingerprint density at radius 1 is 0.985 bits per heavy atom. The highest BCUT2D eigenvalue weighted by Gasteiger charge is 2.45. The monoisotopic (exact) mass is 947 g/mol. The molecule has 0 bridgehead atoms. The molecule has 4 aliphatic rings. The number of hydrogen-bond acceptors (Lipinski definition) is 13. The van der Waals surface area contributed by atoms with Crippen molar-refractivity contribution in [3.8, 4) is 40.0 Å². The lowest BCUT2D eigenvalue weighted by atomic mass is 9.86. The van der Waals surface area contributed by atoms with E-state index in [-0.39, 0.29) is 113 Å². The second kappa shape index (κ2) is 17.4. The van der Waals surface area contributed by atoms with Crippen molar-refractivity contribution in [2.45, 2.75) is 64.3 Å². The summed E-state index contributed by atoms with van der Waals surface area (Å²) < 4.78 is 50.8. The molecule has 68 heavy (non-hydrogen) atoms. The van der Waals surface area contributed by atoms with Gasteiger partial charge in [0, 0.05) is 65.3 Å². The molecule has 0 spiro atoms. The van der Waals surface area contributed by atoms with Crippen LogP contribution in [0.15, 0.2) is 65.5 Å². The number of phenolic OH excluding ortho intramolecular Hbond substituents is 1. The average Bonchev–Trinajstić information content (AvgIpc) is 3.93. The number of likely N-dealkylation sites (N-methyl/N-ethyl adjacent to an activating group) is 1. The van der Waals surface area contributed by atoms with Crippen molar-refractivity contribution in [3.63, 3.8) is 0 Å². The van der Waals surface area contributed by atoms with Crippen molar-refractivity contribution >= 4 is 51.1 Å². The summed E-state index contributed by atoms with van der Waals surface area (Å²) in [6.07, 6.45) is 2.59. The number of rotatable bonds is 11. The standard InChI is InChI=1S/C50H48ClF2N7O8/c1-5-29-30-19-28(12-13-37(30)54-43-32(29)22-60-38(43)21-34-33(47(60)63)25-67-48(64)50(34,65)6-2)66-23-26(3)46(62)59-17-15-58(16-18-59)45-31-20-35(51)40(41-36(52)10-7-11-39(41)61)42(53)44(31)55-49(56-45)68-24-27-9-8-14-57(27)4/h7,10-13,19-21,27,61,65H,3,5-6,8-9,14-18,22-25H2,1-2,4H3/t27-,50-/m0/s1. The first-order valence-corrected chi connectivity index (χ1v) is 23.1. The van der Waals surface area contributed by atoms with Crippen LogP contribution in [0.25, 0.3) is 44.3 Å². The minimum atomic E-state index is -1.93. The summed E-state index contributed by atoms with van der Waals surface area (Å²) in [7, 11) is 2.01. The Morgan fingerprint density at radius 2 is 1.78 bits per heavy atom. The van der Waals surface area contributed by atoms with Crippen LogP contribution < -0.4 is 19.9 Å². The number of aryl methyl sites for hydroxylation is 1. The van der Waals surface area contributed by atoms with Gasteiger partial charge < -0.3 is 43.7 Å². The number of aromatic hydroxyl groups is 1. The Hall–Kier alpha value is -6.69. The molecule has 1 amide bonds. The molecule has 2 N–H and O–H groups in total. The molecule has 10 rings (SSSR count). The zero-order chi connectivity index (χ0) is 47.8. The maximum absolute atomic E-state index is 16.6. The lowest BCUT2D eigenvalue weighted by Gasteiger charge is -2.36. The summed E-state index contributed by atoms with van der Waals surface area (Å²) in [5, 5.41) is 22.8. The van der Waals surface area contributed by atoms with Crippen LogP contribution in [-0.2, 0) is 39.5 Å². The van der Waals surface area contributed by atoms with Gasteiger partial charge in [-0.05, 0) is 87.3 Å². The molecule has 6 aromatic rings. The third-order valence-electron chi connectivity index (χ3n) is 13.9. The number of nitrogens with zero attached hydrogens (tertiary/aromatic N) is 7. The van der Waals surface area contributed by atoms with Crippen molar-refractivity contribution in [1.29, 1.82) is 0 Å². The molecule has 3 aromatic carbocycles. The maximum atomic E-state index is 16.6. The number of esters is 1.